The van der Waals surface area contributed by atoms with Crippen LogP contribution in [0.2, 0.25) is 0 Å². The number of aryl methyl sites for hydroxylation is 3. The van der Waals surface area contributed by atoms with Crippen molar-refractivity contribution in [1.82, 2.24) is 0 Å². The normalized spacial score (nSPS) is 10.5. The van der Waals surface area contributed by atoms with Crippen molar-refractivity contribution in [3.8, 4) is 0 Å². The smallest absolute Gasteiger partial charge is 0.262 e. The zero-order valence-electron chi connectivity index (χ0n) is 9.04. The molecule has 0 bridgehead atoms. The van der Waals surface area contributed by atoms with Crippen LogP contribution >= 0.6 is 7.82 Å². The molecule has 0 amide bonds. The number of hydrogen-bond acceptors (Lipinski definition) is 2. The molecule has 2 N–H and O–H groups in total. The lowest BCUT2D eigenvalue weighted by atomic mass is 10.2. The lowest BCUT2D eigenvalue weighted by Crippen LogP contribution is -2.31. The monoisotopic (exact) mass is 233 g/mol. The van der Waals surface area contributed by atoms with Gasteiger partial charge in [-0.25, -0.2) is 4.57 Å². The Morgan fingerprint density at radius 3 is 2.27 bits per heavy atom. The largest absolute Gasteiger partial charge is 0.756 e. The van der Waals surface area contributed by atoms with Crippen LogP contribution in [0.1, 0.15) is 18.2 Å². The van der Waals surface area contributed by atoms with E-state index in [2.05, 4.69) is 43.8 Å². The summed E-state index contributed by atoms with van der Waals surface area (Å²) in [6.45, 7) is 4.28. The third kappa shape index (κ3) is 8.27. The molecule has 0 spiro atoms. The van der Waals surface area contributed by atoms with Crippen molar-refractivity contribution in [2.24, 2.45) is 7.05 Å². The highest BCUT2D eigenvalue weighted by molar-refractivity contribution is 7.43. The number of nitrogens with zero attached hydrogens (tertiary/aromatic N) is 1. The summed E-state index contributed by atoms with van der Waals surface area (Å²) in [5.41, 5.74) is 2.70. The van der Waals surface area contributed by atoms with Crippen molar-refractivity contribution in [1.29, 1.82) is 0 Å². The summed E-state index contributed by atoms with van der Waals surface area (Å²) in [6, 6.07) is 4.33. The molecule has 15 heavy (non-hydrogen) atoms. The summed E-state index contributed by atoms with van der Waals surface area (Å²) in [6.07, 6.45) is 3.30. The van der Waals surface area contributed by atoms with Crippen LogP contribution in [-0.4, -0.2) is 9.79 Å². The highest BCUT2D eigenvalue weighted by atomic mass is 31.2. The van der Waals surface area contributed by atoms with E-state index in [1.165, 1.54) is 11.3 Å². The second kappa shape index (κ2) is 5.98. The molecule has 0 aliphatic rings. The van der Waals surface area contributed by atoms with Gasteiger partial charge in [0.15, 0.2) is 11.9 Å². The summed E-state index contributed by atoms with van der Waals surface area (Å²) in [5, 5.41) is 0. The second-order valence-electron chi connectivity index (χ2n) is 3.13. The Morgan fingerprint density at radius 1 is 1.47 bits per heavy atom. The van der Waals surface area contributed by atoms with Crippen LogP contribution in [-0.2, 0) is 18.0 Å². The fraction of sp³-hybridized carbons (Fsp3) is 0.444. The Hall–Kier alpha value is -0.740. The maximum absolute atomic E-state index is 8.77. The molecule has 86 valence electrons. The summed E-state index contributed by atoms with van der Waals surface area (Å²) in [5.74, 6) is 0. The standard InChI is InChI=1S/C9H14N.H3O4P/c1-4-9-6-5-8(2)10(3)7-9;1-5(2,3)4/h5-7H,4H2,1-3H3;(H3,1,2,3,4)/q+1;/p-1. The minimum atomic E-state index is -4.89. The molecule has 0 fully saturated rings. The molecule has 1 heterocycles. The summed E-state index contributed by atoms with van der Waals surface area (Å²) < 4.78 is 10.9. The lowest BCUT2D eigenvalue weighted by Gasteiger charge is -2.01. The first-order chi connectivity index (χ1) is 6.74. The molecule has 1 aromatic rings. The van der Waals surface area contributed by atoms with E-state index in [9.17, 15) is 0 Å². The van der Waals surface area contributed by atoms with Gasteiger partial charge in [-0.3, -0.25) is 4.57 Å². The maximum Gasteiger partial charge on any atom is 0.262 e. The molecule has 0 saturated heterocycles. The van der Waals surface area contributed by atoms with Crippen molar-refractivity contribution in [2.75, 3.05) is 0 Å². The molecule has 0 radical (unpaired) electrons. The average molecular weight is 233 g/mol. The molecule has 1 rings (SSSR count). The quantitative estimate of drug-likeness (QED) is 0.520. The molecule has 5 nitrogen and oxygen atoms in total. The minimum Gasteiger partial charge on any atom is -0.756 e. The zero-order chi connectivity index (χ0) is 12.1. The van der Waals surface area contributed by atoms with Crippen molar-refractivity contribution in [3.05, 3.63) is 29.6 Å². The van der Waals surface area contributed by atoms with Gasteiger partial charge in [0.2, 0.25) is 0 Å². The fourth-order valence-corrected chi connectivity index (χ4v) is 0.948. The molecule has 0 aromatic carbocycles. The Bertz CT molecular complexity index is 353. The van der Waals surface area contributed by atoms with Gasteiger partial charge >= 0.3 is 0 Å². The van der Waals surface area contributed by atoms with Crippen LogP contribution in [0.4, 0.5) is 0 Å². The second-order valence-corrected chi connectivity index (χ2v) is 4.11. The first kappa shape index (κ1) is 14.3. The third-order valence-corrected chi connectivity index (χ3v) is 1.86. The molecule has 0 atom stereocenters. The van der Waals surface area contributed by atoms with Crippen LogP contribution in [0.3, 0.4) is 0 Å². The Labute approximate surface area is 89.3 Å². The van der Waals surface area contributed by atoms with Crippen molar-refractivity contribution in [3.63, 3.8) is 0 Å². The Morgan fingerprint density at radius 2 is 1.93 bits per heavy atom. The van der Waals surface area contributed by atoms with Gasteiger partial charge in [-0.05, 0) is 12.5 Å². The SMILES string of the molecule is CCc1ccc(C)[n+](C)c1.O=P([O-])(O)O. The molecule has 0 aliphatic heterocycles. The van der Waals surface area contributed by atoms with Crippen molar-refractivity contribution in [2.45, 2.75) is 20.3 Å². The van der Waals surface area contributed by atoms with Crippen molar-refractivity contribution < 1.29 is 23.8 Å². The Balaban J connectivity index is 0.000000336. The summed E-state index contributed by atoms with van der Waals surface area (Å²) in [7, 11) is -2.81. The van der Waals surface area contributed by atoms with Crippen LogP contribution in [0.5, 0.6) is 0 Å². The van der Waals surface area contributed by atoms with E-state index < -0.39 is 7.82 Å². The predicted octanol–water partition coefficient (Wildman–Crippen LogP) is -0.179. The molecule has 0 saturated carbocycles. The number of hydrogen-bond donors (Lipinski definition) is 2. The van der Waals surface area contributed by atoms with Gasteiger partial charge in [0.1, 0.15) is 7.05 Å². The van der Waals surface area contributed by atoms with E-state index in [1.807, 2.05) is 0 Å². The van der Waals surface area contributed by atoms with Gasteiger partial charge < -0.3 is 14.7 Å². The van der Waals surface area contributed by atoms with Crippen LogP contribution in [0, 0.1) is 6.92 Å². The average Bonchev–Trinajstić information content (AvgIpc) is 2.07. The van der Waals surface area contributed by atoms with Crippen LogP contribution in [0.25, 0.3) is 0 Å². The number of phosphoric acid groups is 1. The van der Waals surface area contributed by atoms with E-state index in [1.54, 1.807) is 0 Å². The number of rotatable bonds is 1. The summed E-state index contributed by atoms with van der Waals surface area (Å²) >= 11 is 0. The van der Waals surface area contributed by atoms with Crippen LogP contribution in [0.15, 0.2) is 18.3 Å². The van der Waals surface area contributed by atoms with Gasteiger partial charge in [-0.2, -0.15) is 0 Å². The van der Waals surface area contributed by atoms with E-state index in [0.29, 0.717) is 0 Å². The van der Waals surface area contributed by atoms with Gasteiger partial charge in [0.05, 0.1) is 0 Å². The van der Waals surface area contributed by atoms with Gasteiger partial charge in [-0.1, -0.05) is 6.92 Å². The predicted molar refractivity (Wildman–Crippen MR) is 53.8 cm³/mol. The fourth-order valence-electron chi connectivity index (χ4n) is 0.948. The van der Waals surface area contributed by atoms with E-state index in [0.717, 1.165) is 6.42 Å². The molecule has 6 heteroatoms. The zero-order valence-corrected chi connectivity index (χ0v) is 9.94. The van der Waals surface area contributed by atoms with E-state index in [-0.39, 0.29) is 0 Å². The molecule has 0 unspecified atom stereocenters. The molecule has 0 aliphatic carbocycles. The first-order valence-corrected chi connectivity index (χ1v) is 5.98. The van der Waals surface area contributed by atoms with E-state index in [4.69, 9.17) is 19.2 Å². The molecular weight excluding hydrogens is 217 g/mol. The van der Waals surface area contributed by atoms with E-state index >= 15 is 0 Å². The third-order valence-electron chi connectivity index (χ3n) is 1.86. The lowest BCUT2D eigenvalue weighted by molar-refractivity contribution is -0.678. The van der Waals surface area contributed by atoms with Gasteiger partial charge in [0.25, 0.3) is 7.82 Å². The van der Waals surface area contributed by atoms with Gasteiger partial charge in [-0.15, -0.1) is 0 Å². The van der Waals surface area contributed by atoms with Crippen molar-refractivity contribution >= 4 is 7.82 Å². The Kier molecular flexibility index (Phi) is 5.68. The minimum absolute atomic E-state index is 1.12. The molecular formula is C9H16NO4P. The number of pyridine rings is 1. The van der Waals surface area contributed by atoms with Crippen LogP contribution < -0.4 is 9.46 Å². The topological polar surface area (TPSA) is 84.5 Å². The highest BCUT2D eigenvalue weighted by Crippen LogP contribution is 2.18. The summed E-state index contributed by atoms with van der Waals surface area (Å²) in [4.78, 5) is 22.9. The first-order valence-electron chi connectivity index (χ1n) is 4.45. The van der Waals surface area contributed by atoms with Gasteiger partial charge in [0, 0.05) is 18.6 Å². The highest BCUT2D eigenvalue weighted by Gasteiger charge is 1.99. The number of aromatic nitrogens is 1. The molecule has 1 aromatic heterocycles. The maximum atomic E-state index is 8.77.